The Hall–Kier alpha value is -2.87. The van der Waals surface area contributed by atoms with Crippen molar-refractivity contribution < 1.29 is 18.0 Å². The molecule has 0 aliphatic heterocycles. The van der Waals surface area contributed by atoms with Crippen LogP contribution in [0.25, 0.3) is 0 Å². The van der Waals surface area contributed by atoms with E-state index in [0.29, 0.717) is 18.7 Å². The molecule has 0 aliphatic carbocycles. The molecule has 1 atom stereocenters. The van der Waals surface area contributed by atoms with Crippen molar-refractivity contribution in [1.82, 2.24) is 10.2 Å². The molecule has 1 N–H and O–H groups in total. The minimum absolute atomic E-state index is 0.122. The monoisotopic (exact) mass is 501 g/mol. The number of hydrogen-bond donors (Lipinski definition) is 1. The summed E-state index contributed by atoms with van der Waals surface area (Å²) in [7, 11) is -3.51. The van der Waals surface area contributed by atoms with Gasteiger partial charge in [-0.2, -0.15) is 0 Å². The van der Waals surface area contributed by atoms with Crippen molar-refractivity contribution in [3.05, 3.63) is 65.2 Å². The highest BCUT2D eigenvalue weighted by atomic mass is 32.2. The van der Waals surface area contributed by atoms with Gasteiger partial charge in [-0.15, -0.1) is 0 Å². The van der Waals surface area contributed by atoms with Crippen LogP contribution in [0.2, 0.25) is 0 Å². The van der Waals surface area contributed by atoms with Crippen LogP contribution >= 0.6 is 0 Å². The maximum Gasteiger partial charge on any atom is 0.242 e. The van der Waals surface area contributed by atoms with Crippen molar-refractivity contribution in [1.29, 1.82) is 0 Å². The van der Waals surface area contributed by atoms with Crippen LogP contribution in [0.4, 0.5) is 5.69 Å². The average molecular weight is 502 g/mol. The first kappa shape index (κ1) is 28.4. The first-order valence-electron chi connectivity index (χ1n) is 11.9. The molecule has 0 bridgehead atoms. The van der Waals surface area contributed by atoms with Crippen LogP contribution in [0, 0.1) is 13.8 Å². The van der Waals surface area contributed by atoms with E-state index in [0.717, 1.165) is 16.7 Å². The van der Waals surface area contributed by atoms with E-state index in [9.17, 15) is 18.0 Å². The van der Waals surface area contributed by atoms with E-state index in [1.54, 1.807) is 17.9 Å². The molecule has 0 saturated heterocycles. The molecule has 1 unspecified atom stereocenters. The van der Waals surface area contributed by atoms with Gasteiger partial charge >= 0.3 is 0 Å². The first-order valence-corrected chi connectivity index (χ1v) is 13.7. The number of nitrogens with one attached hydrogen (secondary N) is 1. The second-order valence-corrected chi connectivity index (χ2v) is 12.0. The highest BCUT2D eigenvalue weighted by Crippen LogP contribution is 2.21. The molecular formula is C27H39N3O4S. The third-order valence-electron chi connectivity index (χ3n) is 5.71. The van der Waals surface area contributed by atoms with Crippen molar-refractivity contribution >= 4 is 27.5 Å². The Labute approximate surface area is 210 Å². The highest BCUT2D eigenvalue weighted by Gasteiger charge is 2.29. The van der Waals surface area contributed by atoms with E-state index < -0.39 is 21.6 Å². The molecule has 2 aromatic rings. The standard InChI is InChI=1S/C27H39N3O4S/c1-20-12-10-15-24(18-20)30(35(7,33)34)17-11-16-25(31)29(19-23-14-9-8-13-21(23)2)22(3)26(32)28-27(4,5)6/h8-10,12-15,18,22H,11,16-17,19H2,1-7H3,(H,28,32). The third-order valence-corrected chi connectivity index (χ3v) is 6.90. The van der Waals surface area contributed by atoms with Gasteiger partial charge in [-0.1, -0.05) is 36.4 Å². The molecule has 35 heavy (non-hydrogen) atoms. The highest BCUT2D eigenvalue weighted by molar-refractivity contribution is 7.92. The summed E-state index contributed by atoms with van der Waals surface area (Å²) in [6.07, 6.45) is 1.62. The fourth-order valence-corrected chi connectivity index (χ4v) is 4.77. The normalized spacial score (nSPS) is 12.7. The van der Waals surface area contributed by atoms with E-state index >= 15 is 0 Å². The number of carbonyl (C=O) groups is 2. The number of amides is 2. The number of rotatable bonds is 10. The number of hydrogen-bond acceptors (Lipinski definition) is 4. The first-order chi connectivity index (χ1) is 16.2. The third kappa shape index (κ3) is 8.69. The van der Waals surface area contributed by atoms with Gasteiger partial charge in [0.2, 0.25) is 21.8 Å². The van der Waals surface area contributed by atoms with Gasteiger partial charge in [0.1, 0.15) is 6.04 Å². The van der Waals surface area contributed by atoms with Gasteiger partial charge in [0.25, 0.3) is 0 Å². The molecule has 192 valence electrons. The molecule has 0 aliphatic rings. The van der Waals surface area contributed by atoms with Gasteiger partial charge < -0.3 is 10.2 Å². The van der Waals surface area contributed by atoms with Crippen LogP contribution in [0.1, 0.15) is 57.2 Å². The largest absolute Gasteiger partial charge is 0.350 e. The Kier molecular flexibility index (Phi) is 9.49. The maximum atomic E-state index is 13.4. The number of carbonyl (C=O) groups excluding carboxylic acids is 2. The lowest BCUT2D eigenvalue weighted by Crippen LogP contribution is -2.52. The molecule has 0 aromatic heterocycles. The molecule has 0 radical (unpaired) electrons. The van der Waals surface area contributed by atoms with Crippen molar-refractivity contribution in [3.63, 3.8) is 0 Å². The molecule has 7 nitrogen and oxygen atoms in total. The van der Waals surface area contributed by atoms with Crippen molar-refractivity contribution in [2.75, 3.05) is 17.1 Å². The summed E-state index contributed by atoms with van der Waals surface area (Å²) in [6, 6.07) is 14.4. The molecule has 8 heteroatoms. The van der Waals surface area contributed by atoms with Crippen LogP contribution < -0.4 is 9.62 Å². The number of nitrogens with zero attached hydrogens (tertiary/aromatic N) is 2. The van der Waals surface area contributed by atoms with Crippen molar-refractivity contribution in [3.8, 4) is 0 Å². The quantitative estimate of drug-likeness (QED) is 0.529. The van der Waals surface area contributed by atoms with Crippen LogP contribution in [0.5, 0.6) is 0 Å². The molecule has 2 aromatic carbocycles. The maximum absolute atomic E-state index is 13.4. The van der Waals surface area contributed by atoms with Gasteiger partial charge in [0, 0.05) is 25.0 Å². The van der Waals surface area contributed by atoms with E-state index in [1.165, 1.54) is 10.6 Å². The predicted molar refractivity (Wildman–Crippen MR) is 142 cm³/mol. The number of benzene rings is 2. The number of aryl methyl sites for hydroxylation is 2. The van der Waals surface area contributed by atoms with Gasteiger partial charge in [0.05, 0.1) is 11.9 Å². The number of anilines is 1. The lowest BCUT2D eigenvalue weighted by atomic mass is 10.1. The van der Waals surface area contributed by atoms with E-state index in [2.05, 4.69) is 5.32 Å². The molecule has 2 rings (SSSR count). The second-order valence-electron chi connectivity index (χ2n) is 10.1. The van der Waals surface area contributed by atoms with E-state index in [1.807, 2.05) is 77.1 Å². The fourth-order valence-electron chi connectivity index (χ4n) is 3.81. The van der Waals surface area contributed by atoms with Gasteiger partial charge in [-0.25, -0.2) is 8.42 Å². The summed E-state index contributed by atoms with van der Waals surface area (Å²) < 4.78 is 26.2. The van der Waals surface area contributed by atoms with Gasteiger partial charge in [0.15, 0.2) is 0 Å². The summed E-state index contributed by atoms with van der Waals surface area (Å²) in [6.45, 7) is 11.8. The Bertz CT molecular complexity index is 1140. The topological polar surface area (TPSA) is 86.8 Å². The smallest absolute Gasteiger partial charge is 0.242 e. The minimum Gasteiger partial charge on any atom is -0.350 e. The van der Waals surface area contributed by atoms with E-state index in [4.69, 9.17) is 0 Å². The lowest BCUT2D eigenvalue weighted by molar-refractivity contribution is -0.141. The molecule has 0 saturated carbocycles. The van der Waals surface area contributed by atoms with E-state index in [-0.39, 0.29) is 24.8 Å². The zero-order chi connectivity index (χ0) is 26.4. The SMILES string of the molecule is Cc1cccc(N(CCCC(=O)N(Cc2ccccc2C)C(C)C(=O)NC(C)(C)C)S(C)(=O)=O)c1. The molecular weight excluding hydrogens is 462 g/mol. The van der Waals surface area contributed by atoms with Crippen LogP contribution in [-0.4, -0.2) is 49.5 Å². The summed E-state index contributed by atoms with van der Waals surface area (Å²) in [5.41, 5.74) is 3.11. The molecule has 2 amide bonds. The van der Waals surface area contributed by atoms with Gasteiger partial charge in [-0.3, -0.25) is 13.9 Å². The Morgan fingerprint density at radius 1 is 1.03 bits per heavy atom. The summed E-state index contributed by atoms with van der Waals surface area (Å²) in [4.78, 5) is 27.9. The van der Waals surface area contributed by atoms with Crippen molar-refractivity contribution in [2.45, 2.75) is 72.5 Å². The summed E-state index contributed by atoms with van der Waals surface area (Å²) in [5, 5.41) is 2.96. The number of sulfonamides is 1. The molecule has 0 fully saturated rings. The Morgan fingerprint density at radius 2 is 1.69 bits per heavy atom. The molecule has 0 heterocycles. The summed E-state index contributed by atoms with van der Waals surface area (Å²) >= 11 is 0. The second kappa shape index (κ2) is 11.7. The fraction of sp³-hybridized carbons (Fsp3) is 0.481. The Balaban J connectivity index is 2.20. The predicted octanol–water partition coefficient (Wildman–Crippen LogP) is 4.18. The minimum atomic E-state index is -3.51. The van der Waals surface area contributed by atoms with Gasteiger partial charge in [-0.05, 0) is 76.8 Å². The molecule has 0 spiro atoms. The van der Waals surface area contributed by atoms with Crippen LogP contribution in [0.15, 0.2) is 48.5 Å². The zero-order valence-electron chi connectivity index (χ0n) is 22.0. The van der Waals surface area contributed by atoms with Crippen LogP contribution in [0.3, 0.4) is 0 Å². The summed E-state index contributed by atoms with van der Waals surface area (Å²) in [5.74, 6) is -0.417. The Morgan fingerprint density at radius 3 is 2.26 bits per heavy atom. The zero-order valence-corrected chi connectivity index (χ0v) is 22.8. The van der Waals surface area contributed by atoms with Crippen molar-refractivity contribution in [2.24, 2.45) is 0 Å². The average Bonchev–Trinajstić information content (AvgIpc) is 2.73. The van der Waals surface area contributed by atoms with Crippen LogP contribution in [-0.2, 0) is 26.2 Å². The lowest BCUT2D eigenvalue weighted by Gasteiger charge is -2.32.